The van der Waals surface area contributed by atoms with Gasteiger partial charge in [0.2, 0.25) is 5.91 Å². The zero-order valence-corrected chi connectivity index (χ0v) is 14.5. The molecule has 0 spiro atoms. The Morgan fingerprint density at radius 3 is 2.50 bits per heavy atom. The van der Waals surface area contributed by atoms with E-state index in [0.717, 1.165) is 11.3 Å². The fraction of sp³-hybridized carbons (Fsp3) is 0.263. The lowest BCUT2D eigenvalue weighted by molar-refractivity contribution is -0.124. The second-order valence-electron chi connectivity index (χ2n) is 6.01. The van der Waals surface area contributed by atoms with Gasteiger partial charge in [-0.3, -0.25) is 9.59 Å². The lowest BCUT2D eigenvalue weighted by Gasteiger charge is -2.39. The Hall–Kier alpha value is -2.33. The molecule has 0 bridgehead atoms. The van der Waals surface area contributed by atoms with E-state index in [-0.39, 0.29) is 11.8 Å². The number of halogens is 1. The molecule has 24 heavy (non-hydrogen) atoms. The molecule has 3 rings (SSSR count). The Kier molecular flexibility index (Phi) is 4.58. The van der Waals surface area contributed by atoms with E-state index >= 15 is 0 Å². The fourth-order valence-corrected chi connectivity index (χ4v) is 3.10. The van der Waals surface area contributed by atoms with Gasteiger partial charge in [0.05, 0.1) is 0 Å². The maximum absolute atomic E-state index is 12.7. The second-order valence-corrected chi connectivity index (χ2v) is 6.45. The normalized spacial score (nSPS) is 18.0. The number of hydrogen-bond acceptors (Lipinski definition) is 2. The summed E-state index contributed by atoms with van der Waals surface area (Å²) in [6.45, 7) is 4.70. The van der Waals surface area contributed by atoms with Gasteiger partial charge in [0.1, 0.15) is 6.04 Å². The van der Waals surface area contributed by atoms with Crippen LogP contribution in [0.2, 0.25) is 5.02 Å². The molecule has 2 aromatic rings. The summed E-state index contributed by atoms with van der Waals surface area (Å²) in [5.41, 5.74) is 2.45. The van der Waals surface area contributed by atoms with E-state index in [9.17, 15) is 9.59 Å². The molecule has 0 saturated carbocycles. The van der Waals surface area contributed by atoms with Gasteiger partial charge in [0, 0.05) is 29.4 Å². The molecule has 0 N–H and O–H groups in total. The lowest BCUT2D eigenvalue weighted by Crippen LogP contribution is -2.57. The standard InChI is InChI=1S/C19H19ClN2O2/c1-13-4-3-5-15(12-13)19(24)21-10-11-22(18(23)14(21)2)17-8-6-16(20)7-9-17/h3-9,12,14H,10-11H2,1-2H3. The summed E-state index contributed by atoms with van der Waals surface area (Å²) < 4.78 is 0. The van der Waals surface area contributed by atoms with E-state index in [1.54, 1.807) is 34.9 Å². The zero-order chi connectivity index (χ0) is 17.3. The van der Waals surface area contributed by atoms with Crippen molar-refractivity contribution in [2.24, 2.45) is 0 Å². The van der Waals surface area contributed by atoms with Gasteiger partial charge < -0.3 is 9.80 Å². The van der Waals surface area contributed by atoms with Crippen LogP contribution >= 0.6 is 11.6 Å². The largest absolute Gasteiger partial charge is 0.325 e. The van der Waals surface area contributed by atoms with Crippen LogP contribution < -0.4 is 4.90 Å². The Bertz CT molecular complexity index is 773. The molecule has 1 unspecified atom stereocenters. The molecule has 1 fully saturated rings. The summed E-state index contributed by atoms with van der Waals surface area (Å²) >= 11 is 5.90. The number of anilines is 1. The molecule has 1 atom stereocenters. The van der Waals surface area contributed by atoms with E-state index in [1.807, 2.05) is 37.3 Å². The van der Waals surface area contributed by atoms with Crippen LogP contribution in [0.5, 0.6) is 0 Å². The molecule has 4 nitrogen and oxygen atoms in total. The Morgan fingerprint density at radius 1 is 1.12 bits per heavy atom. The number of carbonyl (C=O) groups excluding carboxylic acids is 2. The highest BCUT2D eigenvalue weighted by Gasteiger charge is 2.35. The number of amides is 2. The molecule has 0 aliphatic carbocycles. The third-order valence-electron chi connectivity index (χ3n) is 4.32. The van der Waals surface area contributed by atoms with E-state index in [2.05, 4.69) is 0 Å². The SMILES string of the molecule is Cc1cccc(C(=O)N2CCN(c3ccc(Cl)cc3)C(=O)C2C)c1. The number of aryl methyl sites for hydroxylation is 1. The van der Waals surface area contributed by atoms with Gasteiger partial charge in [-0.2, -0.15) is 0 Å². The molecule has 5 heteroatoms. The fourth-order valence-electron chi connectivity index (χ4n) is 2.97. The molecule has 124 valence electrons. The Balaban J connectivity index is 1.79. The molecule has 1 aliphatic rings. The Labute approximate surface area is 146 Å². The summed E-state index contributed by atoms with van der Waals surface area (Å²) in [6, 6.07) is 14.1. The van der Waals surface area contributed by atoms with Crippen molar-refractivity contribution in [3.8, 4) is 0 Å². The van der Waals surface area contributed by atoms with Crippen molar-refractivity contribution in [2.45, 2.75) is 19.9 Å². The van der Waals surface area contributed by atoms with Crippen molar-refractivity contribution in [1.29, 1.82) is 0 Å². The predicted octanol–water partition coefficient (Wildman–Crippen LogP) is 3.53. The smallest absolute Gasteiger partial charge is 0.254 e. The predicted molar refractivity (Wildman–Crippen MR) is 95.5 cm³/mol. The maximum Gasteiger partial charge on any atom is 0.254 e. The number of carbonyl (C=O) groups is 2. The average Bonchev–Trinajstić information content (AvgIpc) is 2.58. The minimum absolute atomic E-state index is 0.0791. The monoisotopic (exact) mass is 342 g/mol. The molecule has 2 amide bonds. The van der Waals surface area contributed by atoms with Crippen LogP contribution in [0.25, 0.3) is 0 Å². The quantitative estimate of drug-likeness (QED) is 0.837. The molecular formula is C19H19ClN2O2. The Morgan fingerprint density at radius 2 is 1.83 bits per heavy atom. The summed E-state index contributed by atoms with van der Waals surface area (Å²) in [5, 5.41) is 0.632. The first kappa shape index (κ1) is 16.5. The summed E-state index contributed by atoms with van der Waals surface area (Å²) in [5.74, 6) is -0.181. The number of piperazine rings is 1. The van der Waals surface area contributed by atoms with Crippen LogP contribution in [0.4, 0.5) is 5.69 Å². The van der Waals surface area contributed by atoms with Crippen molar-refractivity contribution in [3.63, 3.8) is 0 Å². The number of benzene rings is 2. The maximum atomic E-state index is 12.7. The summed E-state index contributed by atoms with van der Waals surface area (Å²) in [4.78, 5) is 28.8. The molecule has 0 radical (unpaired) electrons. The van der Waals surface area contributed by atoms with E-state index < -0.39 is 6.04 Å². The molecule has 1 aliphatic heterocycles. The van der Waals surface area contributed by atoms with Crippen LogP contribution in [-0.4, -0.2) is 35.8 Å². The van der Waals surface area contributed by atoms with Gasteiger partial charge in [-0.05, 0) is 50.2 Å². The molecular weight excluding hydrogens is 324 g/mol. The van der Waals surface area contributed by atoms with Crippen LogP contribution in [0, 0.1) is 6.92 Å². The topological polar surface area (TPSA) is 40.6 Å². The van der Waals surface area contributed by atoms with Gasteiger partial charge in [-0.1, -0.05) is 29.3 Å². The minimum Gasteiger partial charge on any atom is -0.325 e. The van der Waals surface area contributed by atoms with Crippen molar-refractivity contribution in [1.82, 2.24) is 4.90 Å². The molecule has 1 heterocycles. The first-order chi connectivity index (χ1) is 11.5. The highest BCUT2D eigenvalue weighted by atomic mass is 35.5. The van der Waals surface area contributed by atoms with E-state index in [4.69, 9.17) is 11.6 Å². The van der Waals surface area contributed by atoms with Gasteiger partial charge >= 0.3 is 0 Å². The van der Waals surface area contributed by atoms with Crippen molar-refractivity contribution in [3.05, 3.63) is 64.7 Å². The van der Waals surface area contributed by atoms with Crippen molar-refractivity contribution >= 4 is 29.1 Å². The second kappa shape index (κ2) is 6.65. The highest BCUT2D eigenvalue weighted by Crippen LogP contribution is 2.23. The minimum atomic E-state index is -0.498. The highest BCUT2D eigenvalue weighted by molar-refractivity contribution is 6.30. The van der Waals surface area contributed by atoms with Crippen LogP contribution in [0.3, 0.4) is 0 Å². The van der Waals surface area contributed by atoms with Crippen molar-refractivity contribution < 1.29 is 9.59 Å². The molecule has 1 saturated heterocycles. The van der Waals surface area contributed by atoms with Crippen LogP contribution in [0.15, 0.2) is 48.5 Å². The van der Waals surface area contributed by atoms with Crippen molar-refractivity contribution in [2.75, 3.05) is 18.0 Å². The van der Waals surface area contributed by atoms with E-state index in [0.29, 0.717) is 23.7 Å². The van der Waals surface area contributed by atoms with Gasteiger partial charge in [0.25, 0.3) is 5.91 Å². The van der Waals surface area contributed by atoms with Crippen LogP contribution in [0.1, 0.15) is 22.8 Å². The lowest BCUT2D eigenvalue weighted by atomic mass is 10.1. The first-order valence-corrected chi connectivity index (χ1v) is 8.30. The zero-order valence-electron chi connectivity index (χ0n) is 13.7. The number of hydrogen-bond donors (Lipinski definition) is 0. The van der Waals surface area contributed by atoms with E-state index in [1.165, 1.54) is 0 Å². The van der Waals surface area contributed by atoms with Gasteiger partial charge in [-0.25, -0.2) is 0 Å². The summed E-state index contributed by atoms with van der Waals surface area (Å²) in [6.07, 6.45) is 0. The molecule has 2 aromatic carbocycles. The van der Waals surface area contributed by atoms with Gasteiger partial charge in [-0.15, -0.1) is 0 Å². The third kappa shape index (κ3) is 3.15. The molecule has 0 aromatic heterocycles. The number of nitrogens with zero attached hydrogens (tertiary/aromatic N) is 2. The third-order valence-corrected chi connectivity index (χ3v) is 4.57. The van der Waals surface area contributed by atoms with Crippen LogP contribution in [-0.2, 0) is 4.79 Å². The summed E-state index contributed by atoms with van der Waals surface area (Å²) in [7, 11) is 0. The average molecular weight is 343 g/mol. The first-order valence-electron chi connectivity index (χ1n) is 7.92. The number of rotatable bonds is 2. The van der Waals surface area contributed by atoms with Gasteiger partial charge in [0.15, 0.2) is 0 Å².